The van der Waals surface area contributed by atoms with Gasteiger partial charge in [-0.3, -0.25) is 0 Å². The third kappa shape index (κ3) is 4.25. The Morgan fingerprint density at radius 1 is 1.39 bits per heavy atom. The second-order valence-corrected chi connectivity index (χ2v) is 6.99. The van der Waals surface area contributed by atoms with Crippen molar-refractivity contribution < 1.29 is 0 Å². The molecule has 2 nitrogen and oxygen atoms in total. The maximum absolute atomic E-state index is 4.48. The lowest BCUT2D eigenvalue weighted by molar-refractivity contribution is 0.384. The van der Waals surface area contributed by atoms with Crippen molar-refractivity contribution in [1.29, 1.82) is 0 Å². The average molecular weight is 329 g/mol. The molecule has 0 aliphatic heterocycles. The van der Waals surface area contributed by atoms with Crippen molar-refractivity contribution in [1.82, 2.24) is 10.3 Å². The highest BCUT2D eigenvalue weighted by Crippen LogP contribution is 2.33. The van der Waals surface area contributed by atoms with Crippen LogP contribution in [0.4, 0.5) is 0 Å². The molecule has 1 aliphatic carbocycles. The quantitative estimate of drug-likeness (QED) is 0.874. The van der Waals surface area contributed by atoms with E-state index in [4.69, 9.17) is 0 Å². The van der Waals surface area contributed by atoms with Crippen LogP contribution in [0.25, 0.3) is 0 Å². The first-order valence-corrected chi connectivity index (χ1v) is 8.48. The summed E-state index contributed by atoms with van der Waals surface area (Å²) in [6.45, 7) is 3.36. The van der Waals surface area contributed by atoms with Gasteiger partial charge in [0.15, 0.2) is 0 Å². The molecule has 0 radical (unpaired) electrons. The predicted octanol–water partition coefficient (Wildman–Crippen LogP) is 4.25. The van der Waals surface area contributed by atoms with E-state index < -0.39 is 0 Å². The van der Waals surface area contributed by atoms with Gasteiger partial charge in [0.25, 0.3) is 0 Å². The average Bonchev–Trinajstić information content (AvgIpc) is 2.40. The molecule has 1 aromatic heterocycles. The van der Waals surface area contributed by atoms with Crippen LogP contribution in [-0.2, 0) is 0 Å². The smallest absolute Gasteiger partial charge is 0.0963 e. The summed E-state index contributed by atoms with van der Waals surface area (Å²) >= 11 is 5.37. The molecule has 1 aromatic rings. The van der Waals surface area contributed by atoms with Gasteiger partial charge in [-0.1, -0.05) is 19.8 Å². The Labute approximate surface area is 122 Å². The Hall–Kier alpha value is -0.0600. The summed E-state index contributed by atoms with van der Waals surface area (Å²) in [6, 6.07) is 4.85. The molecule has 1 aliphatic rings. The molecule has 0 saturated heterocycles. The van der Waals surface area contributed by atoms with E-state index in [1.165, 1.54) is 32.1 Å². The number of aromatic nitrogens is 1. The molecule has 2 unspecified atom stereocenters. The van der Waals surface area contributed by atoms with Crippen molar-refractivity contribution >= 4 is 27.7 Å². The van der Waals surface area contributed by atoms with E-state index in [1.807, 2.05) is 18.0 Å². The minimum Gasteiger partial charge on any atom is -0.313 e. The van der Waals surface area contributed by atoms with Gasteiger partial charge >= 0.3 is 0 Å². The van der Waals surface area contributed by atoms with Gasteiger partial charge in [0.2, 0.25) is 0 Å². The van der Waals surface area contributed by atoms with Gasteiger partial charge in [0.1, 0.15) is 0 Å². The zero-order valence-corrected chi connectivity index (χ0v) is 13.3. The molecule has 1 saturated carbocycles. The fraction of sp³-hybridized carbons (Fsp3) is 0.643. The third-order valence-electron chi connectivity index (χ3n) is 3.33. The summed E-state index contributed by atoms with van der Waals surface area (Å²) in [6.07, 6.45) is 8.45. The standard InChI is InChI=1S/C14H21BrN2S/c1-2-9-16-12-5-3-4-6-13(12)18-14-8-7-11(15)10-17-14/h7-8,10,12-13,16H,2-6,9H2,1H3. The summed E-state index contributed by atoms with van der Waals surface area (Å²) < 4.78 is 1.05. The molecule has 0 aromatic carbocycles. The molecule has 1 heterocycles. The number of thioether (sulfide) groups is 1. The van der Waals surface area contributed by atoms with Crippen molar-refractivity contribution in [2.24, 2.45) is 0 Å². The molecule has 1 N–H and O–H groups in total. The molecular weight excluding hydrogens is 308 g/mol. The lowest BCUT2D eigenvalue weighted by atomic mass is 9.95. The third-order valence-corrected chi connectivity index (χ3v) is 5.15. The van der Waals surface area contributed by atoms with Crippen LogP contribution in [0.15, 0.2) is 27.8 Å². The second kappa shape index (κ2) is 7.51. The minimum absolute atomic E-state index is 0.661. The first kappa shape index (κ1) is 14.4. The van der Waals surface area contributed by atoms with E-state index in [1.54, 1.807) is 0 Å². The molecule has 0 spiro atoms. The molecule has 2 atom stereocenters. The van der Waals surface area contributed by atoms with E-state index in [-0.39, 0.29) is 0 Å². The van der Waals surface area contributed by atoms with Crippen LogP contribution in [0.2, 0.25) is 0 Å². The highest BCUT2D eigenvalue weighted by atomic mass is 79.9. The number of hydrogen-bond acceptors (Lipinski definition) is 3. The van der Waals surface area contributed by atoms with Crippen molar-refractivity contribution in [3.8, 4) is 0 Å². The summed E-state index contributed by atoms with van der Waals surface area (Å²) in [4.78, 5) is 4.48. The van der Waals surface area contributed by atoms with Crippen molar-refractivity contribution in [2.75, 3.05) is 6.54 Å². The van der Waals surface area contributed by atoms with E-state index in [0.29, 0.717) is 11.3 Å². The lowest BCUT2D eigenvalue weighted by Crippen LogP contribution is -2.40. The van der Waals surface area contributed by atoms with Crippen LogP contribution in [0.1, 0.15) is 39.0 Å². The lowest BCUT2D eigenvalue weighted by Gasteiger charge is -2.31. The van der Waals surface area contributed by atoms with Crippen LogP contribution < -0.4 is 5.32 Å². The van der Waals surface area contributed by atoms with E-state index >= 15 is 0 Å². The number of pyridine rings is 1. The summed E-state index contributed by atoms with van der Waals surface area (Å²) in [5.74, 6) is 0. The Morgan fingerprint density at radius 3 is 2.94 bits per heavy atom. The van der Waals surface area contributed by atoms with Gasteiger partial charge in [-0.2, -0.15) is 0 Å². The molecule has 0 bridgehead atoms. The second-order valence-electron chi connectivity index (χ2n) is 4.82. The Bertz CT molecular complexity index is 355. The molecule has 4 heteroatoms. The normalized spacial score (nSPS) is 24.1. The predicted molar refractivity (Wildman–Crippen MR) is 82.1 cm³/mol. The number of rotatable bonds is 5. The maximum Gasteiger partial charge on any atom is 0.0963 e. The molecule has 18 heavy (non-hydrogen) atoms. The Kier molecular flexibility index (Phi) is 5.99. The summed E-state index contributed by atoms with van der Waals surface area (Å²) in [7, 11) is 0. The van der Waals surface area contributed by atoms with Crippen molar-refractivity contribution in [2.45, 2.75) is 55.3 Å². The largest absolute Gasteiger partial charge is 0.313 e. The molecule has 0 amide bonds. The van der Waals surface area contributed by atoms with Gasteiger partial charge in [-0.25, -0.2) is 4.98 Å². The zero-order chi connectivity index (χ0) is 12.8. The van der Waals surface area contributed by atoms with Crippen molar-refractivity contribution in [3.63, 3.8) is 0 Å². The number of hydrogen-bond donors (Lipinski definition) is 1. The van der Waals surface area contributed by atoms with E-state index in [9.17, 15) is 0 Å². The maximum atomic E-state index is 4.48. The molecule has 1 fully saturated rings. The van der Waals surface area contributed by atoms with Crippen LogP contribution in [0.3, 0.4) is 0 Å². The summed E-state index contributed by atoms with van der Waals surface area (Å²) in [5.41, 5.74) is 0. The Balaban J connectivity index is 1.94. The monoisotopic (exact) mass is 328 g/mol. The molecule has 100 valence electrons. The number of nitrogens with zero attached hydrogens (tertiary/aromatic N) is 1. The molecular formula is C14H21BrN2S. The van der Waals surface area contributed by atoms with Gasteiger partial charge < -0.3 is 5.32 Å². The topological polar surface area (TPSA) is 24.9 Å². The van der Waals surface area contributed by atoms with Crippen LogP contribution in [0, 0.1) is 0 Å². The van der Waals surface area contributed by atoms with Crippen LogP contribution in [0.5, 0.6) is 0 Å². The highest BCUT2D eigenvalue weighted by molar-refractivity contribution is 9.10. The van der Waals surface area contributed by atoms with E-state index in [0.717, 1.165) is 16.0 Å². The van der Waals surface area contributed by atoms with Gasteiger partial charge in [-0.15, -0.1) is 11.8 Å². The first-order chi connectivity index (χ1) is 8.79. The highest BCUT2D eigenvalue weighted by Gasteiger charge is 2.25. The molecule has 2 rings (SSSR count). The Morgan fingerprint density at radius 2 is 2.22 bits per heavy atom. The van der Waals surface area contributed by atoms with E-state index in [2.05, 4.69) is 45.3 Å². The number of halogens is 1. The number of nitrogens with one attached hydrogen (secondary N) is 1. The zero-order valence-electron chi connectivity index (χ0n) is 10.9. The fourth-order valence-corrected chi connectivity index (χ4v) is 3.87. The minimum atomic E-state index is 0.661. The van der Waals surface area contributed by atoms with Gasteiger partial charge in [0, 0.05) is 22.0 Å². The summed E-state index contributed by atoms with van der Waals surface area (Å²) in [5, 5.41) is 5.52. The van der Waals surface area contributed by atoms with Gasteiger partial charge in [0.05, 0.1) is 5.03 Å². The first-order valence-electron chi connectivity index (χ1n) is 6.81. The van der Waals surface area contributed by atoms with Crippen molar-refractivity contribution in [3.05, 3.63) is 22.8 Å². The van der Waals surface area contributed by atoms with Crippen LogP contribution in [-0.4, -0.2) is 22.8 Å². The van der Waals surface area contributed by atoms with Crippen LogP contribution >= 0.6 is 27.7 Å². The SMILES string of the molecule is CCCNC1CCCCC1Sc1ccc(Br)cn1. The van der Waals surface area contributed by atoms with Gasteiger partial charge in [-0.05, 0) is 53.9 Å². The fourth-order valence-electron chi connectivity index (χ4n) is 2.39.